The number of nitrogens with one attached hydrogen (secondary N) is 1. The van der Waals surface area contributed by atoms with Crippen molar-refractivity contribution in [3.05, 3.63) is 34.9 Å². The number of benzene rings is 1. The van der Waals surface area contributed by atoms with Crippen LogP contribution in [-0.2, 0) is 19.1 Å². The van der Waals surface area contributed by atoms with E-state index in [1.807, 2.05) is 0 Å². The number of ether oxygens (including phenoxy) is 2. The molecule has 1 N–H and O–H groups in total. The van der Waals surface area contributed by atoms with Crippen molar-refractivity contribution in [2.24, 2.45) is 5.92 Å². The molecule has 0 saturated carbocycles. The van der Waals surface area contributed by atoms with Crippen molar-refractivity contribution in [2.45, 2.75) is 12.8 Å². The molecule has 1 heterocycles. The number of piperidine rings is 1. The van der Waals surface area contributed by atoms with E-state index in [0.29, 0.717) is 49.7 Å². The Kier molecular flexibility index (Phi) is 7.87. The molecule has 8 heteroatoms. The number of methoxy groups -OCH3 is 1. The summed E-state index contributed by atoms with van der Waals surface area (Å²) >= 11 is 5.83. The van der Waals surface area contributed by atoms with E-state index in [1.54, 1.807) is 29.2 Å². The number of halogens is 1. The van der Waals surface area contributed by atoms with Gasteiger partial charge in [0.15, 0.2) is 6.61 Å². The zero-order valence-electron chi connectivity index (χ0n) is 14.7. The Labute approximate surface area is 157 Å². The third kappa shape index (κ3) is 6.00. The summed E-state index contributed by atoms with van der Waals surface area (Å²) in [7, 11) is 1.54. The van der Waals surface area contributed by atoms with E-state index >= 15 is 0 Å². The molecule has 7 nitrogen and oxygen atoms in total. The molecule has 0 radical (unpaired) electrons. The van der Waals surface area contributed by atoms with Crippen molar-refractivity contribution in [2.75, 3.05) is 40.0 Å². The van der Waals surface area contributed by atoms with Crippen LogP contribution in [0.2, 0.25) is 5.02 Å². The van der Waals surface area contributed by atoms with Crippen molar-refractivity contribution in [3.8, 4) is 0 Å². The third-order valence-electron chi connectivity index (χ3n) is 4.18. The molecule has 1 fully saturated rings. The molecule has 1 aromatic carbocycles. The molecule has 2 rings (SSSR count). The Hall–Kier alpha value is -2.12. The van der Waals surface area contributed by atoms with Crippen LogP contribution in [-0.4, -0.2) is 62.6 Å². The standard InChI is InChI=1S/C18H23ClN2O5/c1-25-11-8-20-16(22)12-26-18(24)14-6-9-21(10-7-14)17(23)13-2-4-15(19)5-3-13/h2-5,14H,6-12H2,1H3,(H,20,22). The number of carbonyl (C=O) groups excluding carboxylic acids is 3. The van der Waals surface area contributed by atoms with Gasteiger partial charge in [0.2, 0.25) is 0 Å². The van der Waals surface area contributed by atoms with Crippen LogP contribution < -0.4 is 5.32 Å². The normalized spacial score (nSPS) is 14.8. The van der Waals surface area contributed by atoms with E-state index in [1.165, 1.54) is 7.11 Å². The van der Waals surface area contributed by atoms with E-state index in [-0.39, 0.29) is 24.3 Å². The van der Waals surface area contributed by atoms with Crippen LogP contribution in [0.1, 0.15) is 23.2 Å². The first-order chi connectivity index (χ1) is 12.5. The van der Waals surface area contributed by atoms with Gasteiger partial charge >= 0.3 is 5.97 Å². The molecule has 1 saturated heterocycles. The fourth-order valence-electron chi connectivity index (χ4n) is 2.69. The maximum absolute atomic E-state index is 12.4. The lowest BCUT2D eigenvalue weighted by Crippen LogP contribution is -2.41. The van der Waals surface area contributed by atoms with Crippen LogP contribution in [0.25, 0.3) is 0 Å². The quantitative estimate of drug-likeness (QED) is 0.570. The number of nitrogens with zero attached hydrogens (tertiary/aromatic N) is 1. The predicted octanol–water partition coefficient (Wildman–Crippen LogP) is 1.50. The summed E-state index contributed by atoms with van der Waals surface area (Å²) in [6.07, 6.45) is 1.03. The highest BCUT2D eigenvalue weighted by atomic mass is 35.5. The Bertz CT molecular complexity index is 627. The molecule has 1 aliphatic heterocycles. The second-order valence-corrected chi connectivity index (χ2v) is 6.46. The molecule has 2 amide bonds. The molecule has 142 valence electrons. The number of amides is 2. The van der Waals surface area contributed by atoms with Crippen molar-refractivity contribution in [3.63, 3.8) is 0 Å². The van der Waals surface area contributed by atoms with Gasteiger partial charge in [-0.1, -0.05) is 11.6 Å². The summed E-state index contributed by atoms with van der Waals surface area (Å²) < 4.78 is 9.88. The maximum Gasteiger partial charge on any atom is 0.309 e. The molecule has 26 heavy (non-hydrogen) atoms. The van der Waals surface area contributed by atoms with E-state index < -0.39 is 5.97 Å². The highest BCUT2D eigenvalue weighted by Gasteiger charge is 2.29. The van der Waals surface area contributed by atoms with Gasteiger partial charge in [0.25, 0.3) is 11.8 Å². The van der Waals surface area contributed by atoms with Crippen molar-refractivity contribution in [1.29, 1.82) is 0 Å². The van der Waals surface area contributed by atoms with Crippen LogP contribution in [0.4, 0.5) is 0 Å². The molecule has 1 aromatic rings. The molecule has 0 aliphatic carbocycles. The summed E-state index contributed by atoms with van der Waals surface area (Å²) in [4.78, 5) is 37.7. The Morgan fingerprint density at radius 2 is 1.85 bits per heavy atom. The summed E-state index contributed by atoms with van der Waals surface area (Å²) in [5, 5.41) is 3.16. The fraction of sp³-hybridized carbons (Fsp3) is 0.500. The maximum atomic E-state index is 12.4. The highest BCUT2D eigenvalue weighted by molar-refractivity contribution is 6.30. The van der Waals surface area contributed by atoms with Crippen LogP contribution in [0.5, 0.6) is 0 Å². The average molecular weight is 383 g/mol. The number of likely N-dealkylation sites (tertiary alicyclic amines) is 1. The predicted molar refractivity (Wildman–Crippen MR) is 95.9 cm³/mol. The molecule has 0 unspecified atom stereocenters. The summed E-state index contributed by atoms with van der Waals surface area (Å²) in [6.45, 7) is 1.42. The Morgan fingerprint density at radius 3 is 2.46 bits per heavy atom. The third-order valence-corrected chi connectivity index (χ3v) is 4.43. The van der Waals surface area contributed by atoms with Crippen LogP contribution in [0.15, 0.2) is 24.3 Å². The number of rotatable bonds is 7. The molecule has 1 aliphatic rings. The Morgan fingerprint density at radius 1 is 1.19 bits per heavy atom. The van der Waals surface area contributed by atoms with Gasteiger partial charge in [0.05, 0.1) is 12.5 Å². The van der Waals surface area contributed by atoms with Gasteiger partial charge in [0, 0.05) is 37.3 Å². The van der Waals surface area contributed by atoms with Gasteiger partial charge in [-0.05, 0) is 37.1 Å². The number of carbonyl (C=O) groups is 3. The second-order valence-electron chi connectivity index (χ2n) is 6.02. The minimum Gasteiger partial charge on any atom is -0.455 e. The van der Waals surface area contributed by atoms with Crippen molar-refractivity contribution in [1.82, 2.24) is 10.2 Å². The fourth-order valence-corrected chi connectivity index (χ4v) is 2.82. The van der Waals surface area contributed by atoms with Gasteiger partial charge in [-0.3, -0.25) is 14.4 Å². The number of hydrogen-bond acceptors (Lipinski definition) is 5. The molecular weight excluding hydrogens is 360 g/mol. The number of esters is 1. The van der Waals surface area contributed by atoms with E-state index in [9.17, 15) is 14.4 Å². The minimum absolute atomic E-state index is 0.0778. The smallest absolute Gasteiger partial charge is 0.309 e. The topological polar surface area (TPSA) is 84.9 Å². The highest BCUT2D eigenvalue weighted by Crippen LogP contribution is 2.21. The zero-order valence-corrected chi connectivity index (χ0v) is 15.5. The van der Waals surface area contributed by atoms with Crippen LogP contribution in [0, 0.1) is 5.92 Å². The molecule has 0 spiro atoms. The lowest BCUT2D eigenvalue weighted by molar-refractivity contribution is -0.153. The van der Waals surface area contributed by atoms with E-state index in [0.717, 1.165) is 0 Å². The van der Waals surface area contributed by atoms with Crippen LogP contribution in [0.3, 0.4) is 0 Å². The van der Waals surface area contributed by atoms with Crippen molar-refractivity contribution < 1.29 is 23.9 Å². The van der Waals surface area contributed by atoms with Gasteiger partial charge in [-0.15, -0.1) is 0 Å². The Balaban J connectivity index is 1.73. The number of hydrogen-bond donors (Lipinski definition) is 1. The van der Waals surface area contributed by atoms with Crippen LogP contribution >= 0.6 is 11.6 Å². The average Bonchev–Trinajstić information content (AvgIpc) is 2.66. The van der Waals surface area contributed by atoms with E-state index in [2.05, 4.69) is 5.32 Å². The molecule has 0 bridgehead atoms. The van der Waals surface area contributed by atoms with Gasteiger partial charge in [-0.25, -0.2) is 0 Å². The minimum atomic E-state index is -0.398. The zero-order chi connectivity index (χ0) is 18.9. The first-order valence-corrected chi connectivity index (χ1v) is 8.86. The summed E-state index contributed by atoms with van der Waals surface area (Å²) in [5.74, 6) is -1.13. The second kappa shape index (κ2) is 10.1. The summed E-state index contributed by atoms with van der Waals surface area (Å²) in [6, 6.07) is 6.73. The first kappa shape index (κ1) is 20.2. The first-order valence-electron chi connectivity index (χ1n) is 8.48. The summed E-state index contributed by atoms with van der Waals surface area (Å²) in [5.41, 5.74) is 0.572. The van der Waals surface area contributed by atoms with E-state index in [4.69, 9.17) is 21.1 Å². The van der Waals surface area contributed by atoms with Gasteiger partial charge in [0.1, 0.15) is 0 Å². The monoisotopic (exact) mass is 382 g/mol. The largest absolute Gasteiger partial charge is 0.455 e. The van der Waals surface area contributed by atoms with Gasteiger partial charge in [-0.2, -0.15) is 0 Å². The molecule has 0 atom stereocenters. The lowest BCUT2D eigenvalue weighted by atomic mass is 9.96. The lowest BCUT2D eigenvalue weighted by Gasteiger charge is -2.31. The van der Waals surface area contributed by atoms with Crippen molar-refractivity contribution >= 4 is 29.4 Å². The molecule has 0 aromatic heterocycles. The SMILES string of the molecule is COCCNC(=O)COC(=O)C1CCN(C(=O)c2ccc(Cl)cc2)CC1. The van der Waals surface area contributed by atoms with Gasteiger partial charge < -0.3 is 19.7 Å². The molecular formula is C18H23ClN2O5.